The van der Waals surface area contributed by atoms with Crippen molar-refractivity contribution in [3.63, 3.8) is 0 Å². The monoisotopic (exact) mass is 402 g/mol. The normalized spacial score (nSPS) is 11.4. The SMILES string of the molecule is COCCNc1ccc(C(=O)O[C@@H](C)C(=O)c2ccc(OC)cc2)cc1[N+](=O)[O-]. The van der Waals surface area contributed by atoms with Crippen LogP contribution in [0.15, 0.2) is 42.5 Å². The second-order valence-electron chi connectivity index (χ2n) is 6.05. The van der Waals surface area contributed by atoms with E-state index in [-0.39, 0.29) is 16.9 Å². The first-order chi connectivity index (χ1) is 13.9. The Morgan fingerprint density at radius 1 is 1.10 bits per heavy atom. The van der Waals surface area contributed by atoms with Crippen LogP contribution in [0, 0.1) is 10.1 Å². The van der Waals surface area contributed by atoms with Gasteiger partial charge >= 0.3 is 5.97 Å². The van der Waals surface area contributed by atoms with Crippen molar-refractivity contribution < 1.29 is 28.7 Å². The number of benzene rings is 2. The molecule has 1 N–H and O–H groups in total. The van der Waals surface area contributed by atoms with Crippen molar-refractivity contribution in [1.82, 2.24) is 0 Å². The van der Waals surface area contributed by atoms with Gasteiger partial charge in [0.2, 0.25) is 5.78 Å². The Labute approximate surface area is 167 Å². The van der Waals surface area contributed by atoms with Gasteiger partial charge in [-0.2, -0.15) is 0 Å². The Balaban J connectivity index is 2.11. The Morgan fingerprint density at radius 3 is 2.34 bits per heavy atom. The summed E-state index contributed by atoms with van der Waals surface area (Å²) in [6, 6.07) is 10.3. The van der Waals surface area contributed by atoms with Gasteiger partial charge in [0.05, 0.1) is 24.2 Å². The van der Waals surface area contributed by atoms with Crippen LogP contribution < -0.4 is 10.1 Å². The molecule has 0 saturated heterocycles. The van der Waals surface area contributed by atoms with Gasteiger partial charge in [-0.1, -0.05) is 0 Å². The lowest BCUT2D eigenvalue weighted by Gasteiger charge is -2.13. The van der Waals surface area contributed by atoms with Gasteiger partial charge in [0.1, 0.15) is 11.4 Å². The summed E-state index contributed by atoms with van der Waals surface area (Å²) in [5.41, 5.74) is 0.314. The highest BCUT2D eigenvalue weighted by atomic mass is 16.6. The molecule has 9 heteroatoms. The minimum Gasteiger partial charge on any atom is -0.497 e. The fourth-order valence-corrected chi connectivity index (χ4v) is 2.52. The summed E-state index contributed by atoms with van der Waals surface area (Å²) < 4.78 is 15.1. The maximum atomic E-state index is 12.4. The van der Waals surface area contributed by atoms with Crippen LogP contribution in [0.1, 0.15) is 27.6 Å². The van der Waals surface area contributed by atoms with Crippen LogP contribution in [-0.4, -0.2) is 50.2 Å². The number of nitro benzene ring substituents is 1. The lowest BCUT2D eigenvalue weighted by atomic mass is 10.1. The van der Waals surface area contributed by atoms with E-state index in [4.69, 9.17) is 14.2 Å². The summed E-state index contributed by atoms with van der Waals surface area (Å²) in [5, 5.41) is 14.2. The molecule has 2 aromatic carbocycles. The molecule has 0 fully saturated rings. The average molecular weight is 402 g/mol. The van der Waals surface area contributed by atoms with Crippen LogP contribution in [0.5, 0.6) is 5.75 Å². The van der Waals surface area contributed by atoms with E-state index in [0.717, 1.165) is 6.07 Å². The van der Waals surface area contributed by atoms with Crippen molar-refractivity contribution >= 4 is 23.1 Å². The lowest BCUT2D eigenvalue weighted by Crippen LogP contribution is -2.24. The number of hydrogen-bond donors (Lipinski definition) is 1. The number of carbonyl (C=O) groups is 2. The smallest absolute Gasteiger partial charge is 0.339 e. The minimum absolute atomic E-state index is 0.0247. The number of anilines is 1. The molecule has 0 amide bonds. The summed E-state index contributed by atoms with van der Waals surface area (Å²) in [4.78, 5) is 35.5. The van der Waals surface area contributed by atoms with Crippen molar-refractivity contribution in [2.45, 2.75) is 13.0 Å². The molecule has 154 valence electrons. The summed E-state index contributed by atoms with van der Waals surface area (Å²) in [5.74, 6) is -0.628. The zero-order chi connectivity index (χ0) is 21.4. The topological polar surface area (TPSA) is 117 Å². The average Bonchev–Trinajstić information content (AvgIpc) is 2.73. The van der Waals surface area contributed by atoms with Gasteiger partial charge in [0, 0.05) is 25.3 Å². The molecule has 0 heterocycles. The minimum atomic E-state index is -1.06. The van der Waals surface area contributed by atoms with Crippen molar-refractivity contribution in [3.05, 3.63) is 63.7 Å². The Bertz CT molecular complexity index is 881. The summed E-state index contributed by atoms with van der Waals surface area (Å²) in [6.45, 7) is 2.18. The number of nitrogens with one attached hydrogen (secondary N) is 1. The molecule has 0 aliphatic carbocycles. The zero-order valence-electron chi connectivity index (χ0n) is 16.3. The first-order valence-corrected chi connectivity index (χ1v) is 8.78. The molecule has 0 unspecified atom stereocenters. The van der Waals surface area contributed by atoms with Gasteiger partial charge in [-0.25, -0.2) is 4.79 Å². The van der Waals surface area contributed by atoms with Crippen LogP contribution in [0.25, 0.3) is 0 Å². The van der Waals surface area contributed by atoms with Gasteiger partial charge in [-0.05, 0) is 43.3 Å². The maximum Gasteiger partial charge on any atom is 0.339 e. The number of methoxy groups -OCH3 is 2. The van der Waals surface area contributed by atoms with Crippen LogP contribution in [0.3, 0.4) is 0 Å². The number of esters is 1. The van der Waals surface area contributed by atoms with E-state index in [9.17, 15) is 19.7 Å². The number of nitro groups is 1. The third-order valence-electron chi connectivity index (χ3n) is 4.08. The molecule has 29 heavy (non-hydrogen) atoms. The molecule has 2 aromatic rings. The van der Waals surface area contributed by atoms with Gasteiger partial charge in [-0.3, -0.25) is 14.9 Å². The maximum absolute atomic E-state index is 12.4. The second kappa shape index (κ2) is 10.2. The largest absolute Gasteiger partial charge is 0.497 e. The van der Waals surface area contributed by atoms with E-state index < -0.39 is 22.8 Å². The fraction of sp³-hybridized carbons (Fsp3) is 0.300. The third-order valence-corrected chi connectivity index (χ3v) is 4.08. The van der Waals surface area contributed by atoms with Crippen molar-refractivity contribution in [1.29, 1.82) is 0 Å². The van der Waals surface area contributed by atoms with Crippen LogP contribution in [-0.2, 0) is 9.47 Å². The first kappa shape index (κ1) is 21.8. The van der Waals surface area contributed by atoms with Crippen molar-refractivity contribution in [3.8, 4) is 5.75 Å². The van der Waals surface area contributed by atoms with E-state index in [2.05, 4.69) is 5.32 Å². The molecule has 0 aromatic heterocycles. The number of rotatable bonds is 10. The Hall–Kier alpha value is -3.46. The lowest BCUT2D eigenvalue weighted by molar-refractivity contribution is -0.384. The van der Waals surface area contributed by atoms with Crippen LogP contribution in [0.4, 0.5) is 11.4 Å². The number of ketones is 1. The van der Waals surface area contributed by atoms with Gasteiger partial charge in [0.25, 0.3) is 5.69 Å². The molecular formula is C20H22N2O7. The van der Waals surface area contributed by atoms with Gasteiger partial charge in [-0.15, -0.1) is 0 Å². The third kappa shape index (κ3) is 5.76. The molecule has 0 spiro atoms. The molecule has 0 saturated carbocycles. The molecule has 0 bridgehead atoms. The second-order valence-corrected chi connectivity index (χ2v) is 6.05. The van der Waals surface area contributed by atoms with Gasteiger partial charge in [0.15, 0.2) is 6.10 Å². The standard InChI is InChI=1S/C20H22N2O7/c1-13(19(23)14-4-7-16(28-3)8-5-14)29-20(24)15-6-9-17(21-10-11-27-2)18(12-15)22(25)26/h4-9,12-13,21H,10-11H2,1-3H3/t13-/m0/s1. The molecule has 1 atom stereocenters. The van der Waals surface area contributed by atoms with Gasteiger partial charge < -0.3 is 19.5 Å². The van der Waals surface area contributed by atoms with E-state index >= 15 is 0 Å². The fourth-order valence-electron chi connectivity index (χ4n) is 2.52. The van der Waals surface area contributed by atoms with E-state index in [1.54, 1.807) is 24.3 Å². The number of hydrogen-bond acceptors (Lipinski definition) is 8. The molecular weight excluding hydrogens is 380 g/mol. The first-order valence-electron chi connectivity index (χ1n) is 8.78. The molecule has 0 radical (unpaired) electrons. The number of nitrogens with zero attached hydrogens (tertiary/aromatic N) is 1. The summed E-state index contributed by atoms with van der Waals surface area (Å²) >= 11 is 0. The highest BCUT2D eigenvalue weighted by Crippen LogP contribution is 2.26. The van der Waals surface area contributed by atoms with Crippen molar-refractivity contribution in [2.24, 2.45) is 0 Å². The van der Waals surface area contributed by atoms with E-state index in [1.165, 1.54) is 33.3 Å². The zero-order valence-corrected chi connectivity index (χ0v) is 16.3. The highest BCUT2D eigenvalue weighted by molar-refractivity contribution is 6.01. The van der Waals surface area contributed by atoms with Crippen LogP contribution in [0.2, 0.25) is 0 Å². The van der Waals surface area contributed by atoms with Crippen molar-refractivity contribution in [2.75, 3.05) is 32.7 Å². The molecule has 2 rings (SSSR count). The number of ether oxygens (including phenoxy) is 3. The predicted molar refractivity (Wildman–Crippen MR) is 106 cm³/mol. The Morgan fingerprint density at radius 2 is 1.76 bits per heavy atom. The molecule has 0 aliphatic heterocycles. The summed E-state index contributed by atoms with van der Waals surface area (Å²) in [6.07, 6.45) is -1.06. The summed E-state index contributed by atoms with van der Waals surface area (Å²) in [7, 11) is 3.03. The molecule has 0 aliphatic rings. The molecule has 9 nitrogen and oxygen atoms in total. The number of Topliss-reactive ketones (excluding diaryl/α,β-unsaturated/α-hetero) is 1. The predicted octanol–water partition coefficient (Wildman–Crippen LogP) is 3.09. The van der Waals surface area contributed by atoms with E-state index in [0.29, 0.717) is 24.5 Å². The van der Waals surface area contributed by atoms with Crippen LogP contribution >= 0.6 is 0 Å². The highest BCUT2D eigenvalue weighted by Gasteiger charge is 2.23. The van der Waals surface area contributed by atoms with E-state index in [1.807, 2.05) is 0 Å². The quantitative estimate of drug-likeness (QED) is 0.212. The number of carbonyl (C=O) groups excluding carboxylic acids is 2. The Kier molecular flexibility index (Phi) is 7.67.